The monoisotopic (exact) mass is 329 g/mol. The maximum atomic E-state index is 5.42. The van der Waals surface area contributed by atoms with Crippen LogP contribution in [0.2, 0.25) is 0 Å². The lowest BCUT2D eigenvalue weighted by Crippen LogP contribution is -2.42. The number of methoxy groups -OCH3 is 1. The third-order valence-corrected chi connectivity index (χ3v) is 5.62. The smallest absolute Gasteiger partial charge is 0.193 e. The predicted molar refractivity (Wildman–Crippen MR) is 99.9 cm³/mol. The molecule has 24 heavy (non-hydrogen) atoms. The lowest BCUT2D eigenvalue weighted by molar-refractivity contribution is 0.151. The van der Waals surface area contributed by atoms with Gasteiger partial charge >= 0.3 is 0 Å². The van der Waals surface area contributed by atoms with Crippen LogP contribution < -0.4 is 10.1 Å². The number of ether oxygens (including phenoxy) is 1. The molecule has 1 heterocycles. The van der Waals surface area contributed by atoms with Crippen LogP contribution in [0.4, 0.5) is 0 Å². The predicted octanol–water partition coefficient (Wildman–Crippen LogP) is 3.39. The minimum Gasteiger partial charge on any atom is -0.496 e. The number of nitrogens with one attached hydrogen (secondary N) is 1. The molecule has 2 aliphatic rings. The Labute approximate surface area is 146 Å². The number of guanidine groups is 1. The van der Waals surface area contributed by atoms with Crippen molar-refractivity contribution in [1.82, 2.24) is 10.2 Å². The second-order valence-corrected chi connectivity index (χ2v) is 7.31. The number of rotatable bonds is 5. The fraction of sp³-hybridized carbons (Fsp3) is 0.650. The number of benzene rings is 1. The van der Waals surface area contributed by atoms with Crippen molar-refractivity contribution in [3.05, 3.63) is 29.3 Å². The van der Waals surface area contributed by atoms with Gasteiger partial charge < -0.3 is 15.0 Å². The Hall–Kier alpha value is -1.71. The van der Waals surface area contributed by atoms with E-state index >= 15 is 0 Å². The average Bonchev–Trinajstić information content (AvgIpc) is 3.01. The van der Waals surface area contributed by atoms with Gasteiger partial charge in [-0.3, -0.25) is 4.99 Å². The first-order chi connectivity index (χ1) is 11.7. The third-order valence-electron chi connectivity index (χ3n) is 5.62. The molecule has 1 spiro atoms. The first kappa shape index (κ1) is 17.1. The lowest BCUT2D eigenvalue weighted by atomic mass is 9.68. The molecular weight excluding hydrogens is 298 g/mol. The Bertz CT molecular complexity index is 593. The van der Waals surface area contributed by atoms with Gasteiger partial charge in [-0.2, -0.15) is 0 Å². The molecule has 1 saturated heterocycles. The van der Waals surface area contributed by atoms with Gasteiger partial charge in [0, 0.05) is 26.2 Å². The van der Waals surface area contributed by atoms with Gasteiger partial charge in [0.15, 0.2) is 5.96 Å². The van der Waals surface area contributed by atoms with Gasteiger partial charge in [0.2, 0.25) is 0 Å². The van der Waals surface area contributed by atoms with E-state index in [9.17, 15) is 0 Å². The van der Waals surface area contributed by atoms with Crippen LogP contribution in [-0.2, 0) is 6.42 Å². The van der Waals surface area contributed by atoms with E-state index in [0.717, 1.165) is 37.8 Å². The highest BCUT2D eigenvalue weighted by Crippen LogP contribution is 2.47. The van der Waals surface area contributed by atoms with Gasteiger partial charge in [-0.1, -0.05) is 18.6 Å². The fourth-order valence-electron chi connectivity index (χ4n) is 3.94. The Kier molecular flexibility index (Phi) is 5.32. The minimum absolute atomic E-state index is 0.612. The highest BCUT2D eigenvalue weighted by atomic mass is 16.5. The molecule has 3 rings (SSSR count). The zero-order valence-corrected chi connectivity index (χ0v) is 15.4. The van der Waals surface area contributed by atoms with E-state index in [1.807, 2.05) is 0 Å². The molecule has 0 unspecified atom stereocenters. The van der Waals surface area contributed by atoms with Crippen LogP contribution in [0.15, 0.2) is 23.2 Å². The average molecular weight is 329 g/mol. The molecule has 1 N–H and O–H groups in total. The van der Waals surface area contributed by atoms with Crippen LogP contribution in [0, 0.1) is 12.3 Å². The summed E-state index contributed by atoms with van der Waals surface area (Å²) >= 11 is 0. The summed E-state index contributed by atoms with van der Waals surface area (Å²) in [6.45, 7) is 8.32. The van der Waals surface area contributed by atoms with E-state index in [0.29, 0.717) is 5.41 Å². The van der Waals surface area contributed by atoms with Crippen LogP contribution in [0.25, 0.3) is 0 Å². The molecule has 0 radical (unpaired) electrons. The van der Waals surface area contributed by atoms with Crippen molar-refractivity contribution in [2.45, 2.75) is 46.0 Å². The summed E-state index contributed by atoms with van der Waals surface area (Å²) in [5, 5.41) is 3.48. The van der Waals surface area contributed by atoms with Gasteiger partial charge in [0.05, 0.1) is 7.11 Å². The highest BCUT2D eigenvalue weighted by Gasteiger charge is 2.43. The summed E-state index contributed by atoms with van der Waals surface area (Å²) in [6.07, 6.45) is 6.52. The number of nitrogens with zero attached hydrogens (tertiary/aromatic N) is 2. The Balaban J connectivity index is 1.60. The quantitative estimate of drug-likeness (QED) is 0.664. The third kappa shape index (κ3) is 3.68. The van der Waals surface area contributed by atoms with Gasteiger partial charge in [-0.15, -0.1) is 0 Å². The summed E-state index contributed by atoms with van der Waals surface area (Å²) in [5.41, 5.74) is 3.08. The van der Waals surface area contributed by atoms with Crippen molar-refractivity contribution in [1.29, 1.82) is 0 Å². The van der Waals surface area contributed by atoms with Gasteiger partial charge in [-0.25, -0.2) is 0 Å². The maximum Gasteiger partial charge on any atom is 0.193 e. The molecule has 1 aliphatic heterocycles. The number of aliphatic imine (C=N–C) groups is 1. The molecule has 2 fully saturated rings. The van der Waals surface area contributed by atoms with Crippen LogP contribution in [-0.4, -0.2) is 44.1 Å². The summed E-state index contributed by atoms with van der Waals surface area (Å²) in [5.74, 6) is 2.07. The lowest BCUT2D eigenvalue weighted by Gasteiger charge is -2.38. The molecule has 0 bridgehead atoms. The molecule has 132 valence electrons. The van der Waals surface area contributed by atoms with Crippen LogP contribution in [0.3, 0.4) is 0 Å². The summed E-state index contributed by atoms with van der Waals surface area (Å²) < 4.78 is 5.42. The zero-order valence-electron chi connectivity index (χ0n) is 15.4. The Morgan fingerprint density at radius 3 is 2.79 bits per heavy atom. The van der Waals surface area contributed by atoms with Crippen molar-refractivity contribution in [3.8, 4) is 5.75 Å². The Morgan fingerprint density at radius 1 is 1.33 bits per heavy atom. The molecule has 1 aromatic carbocycles. The second kappa shape index (κ2) is 7.45. The number of likely N-dealkylation sites (tertiary alicyclic amines) is 1. The standard InChI is InChI=1S/C20H31N3O/c1-4-21-19(23-13-11-20(15-23)9-5-10-20)22-12-8-17-7-6-16(2)18(14-17)24-3/h6-7,14H,4-5,8-13,15H2,1-3H3,(H,21,22). The maximum absolute atomic E-state index is 5.42. The SMILES string of the molecule is CCNC(=NCCc1ccc(C)c(OC)c1)N1CCC2(CCC2)C1. The normalized spacial score (nSPS) is 19.5. The molecule has 1 aliphatic carbocycles. The van der Waals surface area contributed by atoms with Crippen molar-refractivity contribution < 1.29 is 4.74 Å². The molecule has 0 aromatic heterocycles. The first-order valence-corrected chi connectivity index (χ1v) is 9.32. The topological polar surface area (TPSA) is 36.9 Å². The van der Waals surface area contributed by atoms with Crippen molar-refractivity contribution in [2.24, 2.45) is 10.4 Å². The first-order valence-electron chi connectivity index (χ1n) is 9.32. The van der Waals surface area contributed by atoms with E-state index in [2.05, 4.69) is 42.3 Å². The molecule has 4 nitrogen and oxygen atoms in total. The summed E-state index contributed by atoms with van der Waals surface area (Å²) in [4.78, 5) is 7.35. The largest absolute Gasteiger partial charge is 0.496 e. The zero-order chi connectivity index (χ0) is 17.0. The highest BCUT2D eigenvalue weighted by molar-refractivity contribution is 5.80. The molecule has 1 aromatic rings. The molecule has 0 atom stereocenters. The minimum atomic E-state index is 0.612. The van der Waals surface area contributed by atoms with Gasteiger partial charge in [0.1, 0.15) is 5.75 Å². The molecular formula is C20H31N3O. The summed E-state index contributed by atoms with van der Waals surface area (Å²) in [6, 6.07) is 6.44. The van der Waals surface area contributed by atoms with Crippen molar-refractivity contribution in [2.75, 3.05) is 33.3 Å². The molecule has 0 amide bonds. The van der Waals surface area contributed by atoms with E-state index in [4.69, 9.17) is 9.73 Å². The fourth-order valence-corrected chi connectivity index (χ4v) is 3.94. The van der Waals surface area contributed by atoms with Crippen molar-refractivity contribution >= 4 is 5.96 Å². The van der Waals surface area contributed by atoms with Crippen LogP contribution in [0.5, 0.6) is 5.75 Å². The second-order valence-electron chi connectivity index (χ2n) is 7.31. The molecule has 4 heteroatoms. The van der Waals surface area contributed by atoms with Crippen LogP contribution >= 0.6 is 0 Å². The molecule has 1 saturated carbocycles. The van der Waals surface area contributed by atoms with E-state index in [-0.39, 0.29) is 0 Å². The van der Waals surface area contributed by atoms with Crippen LogP contribution in [0.1, 0.15) is 43.7 Å². The van der Waals surface area contributed by atoms with E-state index < -0.39 is 0 Å². The van der Waals surface area contributed by atoms with E-state index in [1.54, 1.807) is 7.11 Å². The van der Waals surface area contributed by atoms with Crippen molar-refractivity contribution in [3.63, 3.8) is 0 Å². The number of aryl methyl sites for hydroxylation is 1. The summed E-state index contributed by atoms with van der Waals surface area (Å²) in [7, 11) is 1.73. The van der Waals surface area contributed by atoms with E-state index in [1.165, 1.54) is 43.4 Å². The number of hydrogen-bond acceptors (Lipinski definition) is 2. The van der Waals surface area contributed by atoms with Gasteiger partial charge in [-0.05, 0) is 62.1 Å². The Morgan fingerprint density at radius 2 is 2.17 bits per heavy atom. The number of hydrogen-bond donors (Lipinski definition) is 1. The van der Waals surface area contributed by atoms with Gasteiger partial charge in [0.25, 0.3) is 0 Å².